The van der Waals surface area contributed by atoms with Gasteiger partial charge < -0.3 is 9.63 Å². The van der Waals surface area contributed by atoms with Crippen LogP contribution in [0.2, 0.25) is 5.02 Å². The molecule has 1 N–H and O–H groups in total. The van der Waals surface area contributed by atoms with Crippen LogP contribution >= 0.6 is 11.6 Å². The van der Waals surface area contributed by atoms with Gasteiger partial charge in [-0.05, 0) is 43.1 Å². The molecule has 0 spiro atoms. The molecular weight excluding hydrogens is 302 g/mol. The normalized spacial score (nSPS) is 19.2. The van der Waals surface area contributed by atoms with E-state index in [0.29, 0.717) is 17.5 Å². The number of aromatic nitrogens is 2. The Kier molecular flexibility index (Phi) is 4.36. The van der Waals surface area contributed by atoms with Gasteiger partial charge >= 0.3 is 0 Å². The molecule has 1 unspecified atom stereocenters. The molecular formula is C16H20ClN3O2. The predicted molar refractivity (Wildman–Crippen MR) is 83.9 cm³/mol. The summed E-state index contributed by atoms with van der Waals surface area (Å²) in [5.41, 5.74) is 0.990. The van der Waals surface area contributed by atoms with E-state index in [1.807, 2.05) is 19.9 Å². The maximum atomic E-state index is 9.67. The Balaban J connectivity index is 1.77. The number of nitrogens with zero attached hydrogens (tertiary/aromatic N) is 3. The third-order valence-corrected chi connectivity index (χ3v) is 4.16. The Morgan fingerprint density at radius 3 is 2.91 bits per heavy atom. The summed E-state index contributed by atoms with van der Waals surface area (Å²) in [5.74, 6) is 1.87. The van der Waals surface area contributed by atoms with Gasteiger partial charge in [-0.1, -0.05) is 30.6 Å². The fraction of sp³-hybridized carbons (Fsp3) is 0.500. The highest BCUT2D eigenvalue weighted by Crippen LogP contribution is 2.33. The van der Waals surface area contributed by atoms with Crippen LogP contribution in [0.25, 0.3) is 0 Å². The number of likely N-dealkylation sites (tertiary alicyclic amines) is 1. The molecule has 1 aromatic heterocycles. The second-order valence-corrected chi connectivity index (χ2v) is 6.53. The van der Waals surface area contributed by atoms with Crippen LogP contribution in [0, 0.1) is 0 Å². The van der Waals surface area contributed by atoms with Crippen LogP contribution in [-0.2, 0) is 6.54 Å². The molecule has 1 fully saturated rings. The highest BCUT2D eigenvalue weighted by Gasteiger charge is 2.30. The first-order valence-corrected chi connectivity index (χ1v) is 7.96. The SMILES string of the molecule is CC(C)c1nc(C2CCCN2Cc2cc(O)cc(Cl)c2)no1. The molecule has 1 atom stereocenters. The first-order valence-electron chi connectivity index (χ1n) is 7.59. The van der Waals surface area contributed by atoms with Gasteiger partial charge in [0.25, 0.3) is 0 Å². The van der Waals surface area contributed by atoms with Crippen molar-refractivity contribution in [1.29, 1.82) is 0 Å². The Morgan fingerprint density at radius 1 is 1.41 bits per heavy atom. The second-order valence-electron chi connectivity index (χ2n) is 6.09. The average Bonchev–Trinajstić information content (AvgIpc) is 3.05. The van der Waals surface area contributed by atoms with Gasteiger partial charge in [-0.15, -0.1) is 0 Å². The molecule has 1 aromatic carbocycles. The van der Waals surface area contributed by atoms with E-state index in [1.165, 1.54) is 0 Å². The van der Waals surface area contributed by atoms with E-state index in [4.69, 9.17) is 16.1 Å². The van der Waals surface area contributed by atoms with Gasteiger partial charge in [-0.3, -0.25) is 4.90 Å². The van der Waals surface area contributed by atoms with E-state index >= 15 is 0 Å². The van der Waals surface area contributed by atoms with E-state index in [-0.39, 0.29) is 17.7 Å². The van der Waals surface area contributed by atoms with Crippen LogP contribution in [-0.4, -0.2) is 26.7 Å². The molecule has 2 heterocycles. The number of rotatable bonds is 4. The largest absolute Gasteiger partial charge is 0.508 e. The molecule has 6 heteroatoms. The molecule has 1 aliphatic heterocycles. The van der Waals surface area contributed by atoms with E-state index < -0.39 is 0 Å². The number of hydrogen-bond donors (Lipinski definition) is 1. The fourth-order valence-electron chi connectivity index (χ4n) is 2.88. The zero-order valence-corrected chi connectivity index (χ0v) is 13.5. The summed E-state index contributed by atoms with van der Waals surface area (Å²) >= 11 is 6.01. The monoisotopic (exact) mass is 321 g/mol. The van der Waals surface area contributed by atoms with Crippen LogP contribution in [0.3, 0.4) is 0 Å². The lowest BCUT2D eigenvalue weighted by atomic mass is 10.1. The summed E-state index contributed by atoms with van der Waals surface area (Å²) in [6.45, 7) is 5.77. The minimum absolute atomic E-state index is 0.164. The molecule has 0 aliphatic carbocycles. The van der Waals surface area contributed by atoms with Crippen molar-refractivity contribution in [1.82, 2.24) is 15.0 Å². The minimum atomic E-state index is 0.164. The average molecular weight is 322 g/mol. The fourth-order valence-corrected chi connectivity index (χ4v) is 3.14. The topological polar surface area (TPSA) is 62.4 Å². The lowest BCUT2D eigenvalue weighted by Crippen LogP contribution is -2.23. The number of phenolic OH excluding ortho intramolecular Hbond substituents is 1. The van der Waals surface area contributed by atoms with E-state index in [9.17, 15) is 5.11 Å². The Labute approximate surface area is 134 Å². The molecule has 0 bridgehead atoms. The number of hydrogen-bond acceptors (Lipinski definition) is 5. The van der Waals surface area contributed by atoms with E-state index in [0.717, 1.165) is 30.8 Å². The molecule has 2 aromatic rings. The van der Waals surface area contributed by atoms with Gasteiger partial charge in [-0.25, -0.2) is 0 Å². The van der Waals surface area contributed by atoms with Gasteiger partial charge in [0, 0.05) is 17.5 Å². The number of phenols is 1. The predicted octanol–water partition coefficient (Wildman–Crippen LogP) is 3.89. The van der Waals surface area contributed by atoms with Crippen LogP contribution in [0.15, 0.2) is 22.7 Å². The highest BCUT2D eigenvalue weighted by atomic mass is 35.5. The number of aromatic hydroxyl groups is 1. The smallest absolute Gasteiger partial charge is 0.229 e. The van der Waals surface area contributed by atoms with Crippen molar-refractivity contribution in [2.45, 2.75) is 45.2 Å². The van der Waals surface area contributed by atoms with Crippen molar-refractivity contribution >= 4 is 11.6 Å². The van der Waals surface area contributed by atoms with Crippen molar-refractivity contribution < 1.29 is 9.63 Å². The summed E-state index contributed by atoms with van der Waals surface area (Å²) in [4.78, 5) is 6.83. The van der Waals surface area contributed by atoms with Crippen LogP contribution < -0.4 is 0 Å². The molecule has 3 rings (SSSR count). The summed E-state index contributed by atoms with van der Waals surface area (Å²) in [7, 11) is 0. The summed E-state index contributed by atoms with van der Waals surface area (Å²) in [6, 6.07) is 5.33. The van der Waals surface area contributed by atoms with E-state index in [1.54, 1.807) is 12.1 Å². The standard InChI is InChI=1S/C16H20ClN3O2/c1-10(2)16-18-15(19-22-16)14-4-3-5-20(14)9-11-6-12(17)8-13(21)7-11/h6-8,10,14,21H,3-5,9H2,1-2H3. The first-order chi connectivity index (χ1) is 10.5. The quantitative estimate of drug-likeness (QED) is 0.925. The van der Waals surface area contributed by atoms with Crippen LogP contribution in [0.1, 0.15) is 55.9 Å². The molecule has 118 valence electrons. The number of halogens is 1. The summed E-state index contributed by atoms with van der Waals surface area (Å²) in [6.07, 6.45) is 2.12. The summed E-state index contributed by atoms with van der Waals surface area (Å²) in [5, 5.41) is 14.4. The molecule has 0 amide bonds. The van der Waals surface area contributed by atoms with Gasteiger partial charge in [-0.2, -0.15) is 4.98 Å². The maximum Gasteiger partial charge on any atom is 0.229 e. The van der Waals surface area contributed by atoms with Crippen LogP contribution in [0.4, 0.5) is 0 Å². The van der Waals surface area contributed by atoms with Crippen molar-refractivity contribution in [3.63, 3.8) is 0 Å². The third-order valence-electron chi connectivity index (χ3n) is 3.94. The molecule has 5 nitrogen and oxygen atoms in total. The Hall–Kier alpha value is -1.59. The van der Waals surface area contributed by atoms with Gasteiger partial charge in [0.2, 0.25) is 5.89 Å². The lowest BCUT2D eigenvalue weighted by Gasteiger charge is -2.22. The molecule has 0 radical (unpaired) electrons. The lowest BCUT2D eigenvalue weighted by molar-refractivity contribution is 0.233. The first kappa shape index (κ1) is 15.3. The molecule has 1 aliphatic rings. The van der Waals surface area contributed by atoms with Gasteiger partial charge in [0.1, 0.15) is 5.75 Å². The number of benzene rings is 1. The van der Waals surface area contributed by atoms with Crippen molar-refractivity contribution in [2.75, 3.05) is 6.54 Å². The van der Waals surface area contributed by atoms with Gasteiger partial charge in [0.05, 0.1) is 6.04 Å². The zero-order chi connectivity index (χ0) is 15.7. The van der Waals surface area contributed by atoms with Crippen molar-refractivity contribution in [2.24, 2.45) is 0 Å². The van der Waals surface area contributed by atoms with Crippen molar-refractivity contribution in [3.05, 3.63) is 40.5 Å². The molecule has 22 heavy (non-hydrogen) atoms. The Bertz CT molecular complexity index is 636. The van der Waals surface area contributed by atoms with Gasteiger partial charge in [0.15, 0.2) is 5.82 Å². The highest BCUT2D eigenvalue weighted by molar-refractivity contribution is 6.30. The minimum Gasteiger partial charge on any atom is -0.508 e. The Morgan fingerprint density at radius 2 is 2.23 bits per heavy atom. The summed E-state index contributed by atoms with van der Waals surface area (Å²) < 4.78 is 5.33. The molecule has 1 saturated heterocycles. The van der Waals surface area contributed by atoms with E-state index in [2.05, 4.69) is 15.0 Å². The van der Waals surface area contributed by atoms with Crippen molar-refractivity contribution in [3.8, 4) is 5.75 Å². The second kappa shape index (κ2) is 6.26. The molecule has 0 saturated carbocycles. The third kappa shape index (κ3) is 3.25. The zero-order valence-electron chi connectivity index (χ0n) is 12.8. The van der Waals surface area contributed by atoms with Crippen LogP contribution in [0.5, 0.6) is 5.75 Å². The maximum absolute atomic E-state index is 9.67.